The molecule has 154 valence electrons. The van der Waals surface area contributed by atoms with Gasteiger partial charge in [-0.3, -0.25) is 19.3 Å². The SMILES string of the molecule is Cn1nccc1-c1ccc2c(C(=O)Nc3cnn(Cc4cccc(N)c4)c3)n[nH]c2c1. The number of aryl methyl sites for hydroxylation is 1. The van der Waals surface area contributed by atoms with Gasteiger partial charge in [-0.1, -0.05) is 18.2 Å². The molecule has 0 atom stereocenters. The van der Waals surface area contributed by atoms with Crippen LogP contribution in [-0.4, -0.2) is 35.7 Å². The molecule has 1 amide bonds. The second-order valence-corrected chi connectivity index (χ2v) is 7.30. The van der Waals surface area contributed by atoms with Gasteiger partial charge in [-0.05, 0) is 35.9 Å². The first kappa shape index (κ1) is 18.6. The molecule has 31 heavy (non-hydrogen) atoms. The van der Waals surface area contributed by atoms with E-state index in [4.69, 9.17) is 5.73 Å². The normalized spacial score (nSPS) is 11.1. The lowest BCUT2D eigenvalue weighted by atomic mass is 10.1. The summed E-state index contributed by atoms with van der Waals surface area (Å²) in [6, 6.07) is 15.4. The molecule has 3 aromatic heterocycles. The smallest absolute Gasteiger partial charge is 0.276 e. The maximum Gasteiger partial charge on any atom is 0.276 e. The molecule has 0 aliphatic carbocycles. The van der Waals surface area contributed by atoms with E-state index < -0.39 is 0 Å². The predicted molar refractivity (Wildman–Crippen MR) is 118 cm³/mol. The minimum atomic E-state index is -0.303. The number of rotatable bonds is 5. The Morgan fingerprint density at radius 3 is 2.87 bits per heavy atom. The monoisotopic (exact) mass is 412 g/mol. The van der Waals surface area contributed by atoms with Crippen molar-refractivity contribution in [1.82, 2.24) is 29.8 Å². The number of hydrogen-bond donors (Lipinski definition) is 3. The predicted octanol–water partition coefficient (Wildman–Crippen LogP) is 3.04. The van der Waals surface area contributed by atoms with Crippen molar-refractivity contribution in [1.29, 1.82) is 0 Å². The minimum Gasteiger partial charge on any atom is -0.399 e. The molecule has 5 rings (SSSR count). The van der Waals surface area contributed by atoms with Gasteiger partial charge in [-0.15, -0.1) is 0 Å². The zero-order valence-corrected chi connectivity index (χ0v) is 16.8. The van der Waals surface area contributed by atoms with Crippen LogP contribution in [0.1, 0.15) is 16.1 Å². The number of fused-ring (bicyclic) bond motifs is 1. The van der Waals surface area contributed by atoms with Crippen LogP contribution in [0.2, 0.25) is 0 Å². The summed E-state index contributed by atoms with van der Waals surface area (Å²) in [6.07, 6.45) is 5.13. The number of aromatic amines is 1. The third kappa shape index (κ3) is 3.64. The minimum absolute atomic E-state index is 0.303. The Labute approximate surface area is 177 Å². The van der Waals surface area contributed by atoms with Crippen LogP contribution in [0, 0.1) is 0 Å². The summed E-state index contributed by atoms with van der Waals surface area (Å²) in [4.78, 5) is 12.8. The van der Waals surface area contributed by atoms with Crippen LogP contribution in [0.4, 0.5) is 11.4 Å². The Bertz CT molecular complexity index is 1390. The molecule has 0 bridgehead atoms. The number of nitrogens with two attached hydrogens (primary N) is 1. The molecule has 0 fully saturated rings. The lowest BCUT2D eigenvalue weighted by Crippen LogP contribution is -2.12. The molecule has 0 aliphatic heterocycles. The highest BCUT2D eigenvalue weighted by Crippen LogP contribution is 2.25. The van der Waals surface area contributed by atoms with Crippen molar-refractivity contribution in [3.05, 3.63) is 78.4 Å². The van der Waals surface area contributed by atoms with Gasteiger partial charge in [0.15, 0.2) is 5.69 Å². The summed E-state index contributed by atoms with van der Waals surface area (Å²) < 4.78 is 3.54. The number of anilines is 2. The van der Waals surface area contributed by atoms with Gasteiger partial charge in [0.05, 0.1) is 29.6 Å². The van der Waals surface area contributed by atoms with Crippen LogP contribution in [0.15, 0.2) is 67.1 Å². The van der Waals surface area contributed by atoms with Crippen molar-refractivity contribution in [3.8, 4) is 11.3 Å². The molecule has 0 spiro atoms. The van der Waals surface area contributed by atoms with E-state index in [1.165, 1.54) is 0 Å². The summed E-state index contributed by atoms with van der Waals surface area (Å²) in [6.45, 7) is 0.559. The van der Waals surface area contributed by atoms with Crippen molar-refractivity contribution >= 4 is 28.2 Å². The number of hydrogen-bond acceptors (Lipinski definition) is 5. The van der Waals surface area contributed by atoms with E-state index in [0.29, 0.717) is 23.6 Å². The molecular formula is C22H20N8O. The van der Waals surface area contributed by atoms with Crippen molar-refractivity contribution in [2.75, 3.05) is 11.1 Å². The number of amides is 1. The van der Waals surface area contributed by atoms with E-state index in [1.54, 1.807) is 28.0 Å². The van der Waals surface area contributed by atoms with Crippen LogP contribution in [0.3, 0.4) is 0 Å². The zero-order valence-electron chi connectivity index (χ0n) is 16.8. The van der Waals surface area contributed by atoms with E-state index in [2.05, 4.69) is 25.7 Å². The Kier molecular flexibility index (Phi) is 4.47. The van der Waals surface area contributed by atoms with E-state index in [9.17, 15) is 4.79 Å². The lowest BCUT2D eigenvalue weighted by Gasteiger charge is -2.03. The molecule has 0 unspecified atom stereocenters. The summed E-state index contributed by atoms with van der Waals surface area (Å²) in [5, 5.41) is 19.3. The number of benzene rings is 2. The number of nitrogens with one attached hydrogen (secondary N) is 2. The van der Waals surface area contributed by atoms with Gasteiger partial charge >= 0.3 is 0 Å². The lowest BCUT2D eigenvalue weighted by molar-refractivity contribution is 0.102. The fourth-order valence-corrected chi connectivity index (χ4v) is 3.59. The molecule has 3 heterocycles. The zero-order chi connectivity index (χ0) is 21.4. The Morgan fingerprint density at radius 1 is 1.16 bits per heavy atom. The Balaban J connectivity index is 1.34. The summed E-state index contributed by atoms with van der Waals surface area (Å²) in [5.41, 5.74) is 11.2. The van der Waals surface area contributed by atoms with Gasteiger partial charge in [-0.2, -0.15) is 15.3 Å². The third-order valence-corrected chi connectivity index (χ3v) is 5.08. The van der Waals surface area contributed by atoms with Gasteiger partial charge in [-0.25, -0.2) is 0 Å². The summed E-state index contributed by atoms with van der Waals surface area (Å²) in [7, 11) is 1.89. The maximum atomic E-state index is 12.8. The second kappa shape index (κ2) is 7.45. The molecule has 0 aliphatic rings. The number of H-pyrrole nitrogens is 1. The van der Waals surface area contributed by atoms with E-state index >= 15 is 0 Å². The van der Waals surface area contributed by atoms with Gasteiger partial charge < -0.3 is 11.1 Å². The van der Waals surface area contributed by atoms with Crippen LogP contribution in [-0.2, 0) is 13.6 Å². The molecule has 0 saturated heterocycles. The molecule has 2 aromatic carbocycles. The number of carbonyl (C=O) groups is 1. The topological polar surface area (TPSA) is 119 Å². The fourth-order valence-electron chi connectivity index (χ4n) is 3.59. The standard InChI is InChI=1S/C22H20N8O/c1-29-20(7-8-24-29)15-5-6-18-19(10-15)27-28-21(18)22(31)26-17-11-25-30(13-17)12-14-3-2-4-16(23)9-14/h2-11,13H,12,23H2,1H3,(H,26,31)(H,27,28). The van der Waals surface area contributed by atoms with Crippen molar-refractivity contribution in [3.63, 3.8) is 0 Å². The van der Waals surface area contributed by atoms with Crippen LogP contribution < -0.4 is 11.1 Å². The molecule has 0 saturated carbocycles. The van der Waals surface area contributed by atoms with Gasteiger partial charge in [0.1, 0.15) is 0 Å². The highest BCUT2D eigenvalue weighted by Gasteiger charge is 2.16. The largest absolute Gasteiger partial charge is 0.399 e. The molecular weight excluding hydrogens is 392 g/mol. The summed E-state index contributed by atoms with van der Waals surface area (Å²) >= 11 is 0. The van der Waals surface area contributed by atoms with Gasteiger partial charge in [0, 0.05) is 36.1 Å². The highest BCUT2D eigenvalue weighted by molar-refractivity contribution is 6.11. The van der Waals surface area contributed by atoms with Crippen molar-refractivity contribution in [2.45, 2.75) is 6.54 Å². The first-order valence-electron chi connectivity index (χ1n) is 9.71. The quantitative estimate of drug-likeness (QED) is 0.383. The fraction of sp³-hybridized carbons (Fsp3) is 0.0909. The maximum absolute atomic E-state index is 12.8. The Hall–Kier alpha value is -4.40. The molecule has 0 radical (unpaired) electrons. The van der Waals surface area contributed by atoms with E-state index in [1.807, 2.05) is 55.6 Å². The number of aromatic nitrogens is 6. The van der Waals surface area contributed by atoms with Crippen molar-refractivity contribution < 1.29 is 4.79 Å². The van der Waals surface area contributed by atoms with E-state index in [-0.39, 0.29) is 5.91 Å². The molecule has 5 aromatic rings. The first-order chi connectivity index (χ1) is 15.1. The number of nitrogens with zero attached hydrogens (tertiary/aromatic N) is 5. The summed E-state index contributed by atoms with van der Waals surface area (Å²) in [5.74, 6) is -0.303. The average molecular weight is 412 g/mol. The van der Waals surface area contributed by atoms with Crippen LogP contribution in [0.25, 0.3) is 22.2 Å². The Morgan fingerprint density at radius 2 is 2.06 bits per heavy atom. The average Bonchev–Trinajstić information content (AvgIpc) is 3.47. The molecule has 9 heteroatoms. The second-order valence-electron chi connectivity index (χ2n) is 7.30. The van der Waals surface area contributed by atoms with Crippen LogP contribution >= 0.6 is 0 Å². The van der Waals surface area contributed by atoms with Crippen molar-refractivity contribution in [2.24, 2.45) is 7.05 Å². The third-order valence-electron chi connectivity index (χ3n) is 5.08. The number of carbonyl (C=O) groups excluding carboxylic acids is 1. The molecule has 4 N–H and O–H groups in total. The van der Waals surface area contributed by atoms with E-state index in [0.717, 1.165) is 27.7 Å². The van der Waals surface area contributed by atoms with Crippen LogP contribution in [0.5, 0.6) is 0 Å². The van der Waals surface area contributed by atoms with Gasteiger partial charge in [0.2, 0.25) is 0 Å². The first-order valence-corrected chi connectivity index (χ1v) is 9.71. The highest BCUT2D eigenvalue weighted by atomic mass is 16.2. The van der Waals surface area contributed by atoms with Gasteiger partial charge in [0.25, 0.3) is 5.91 Å². The molecule has 9 nitrogen and oxygen atoms in total. The number of nitrogen functional groups attached to an aromatic ring is 1.